The van der Waals surface area contributed by atoms with E-state index in [-0.39, 0.29) is 23.6 Å². The van der Waals surface area contributed by atoms with E-state index < -0.39 is 0 Å². The molecule has 6 bridgehead atoms. The maximum atomic E-state index is 12.9. The molecule has 0 aromatic heterocycles. The van der Waals surface area contributed by atoms with Gasteiger partial charge < -0.3 is 9.80 Å². The summed E-state index contributed by atoms with van der Waals surface area (Å²) < 4.78 is 0.787. The predicted molar refractivity (Wildman–Crippen MR) is 122 cm³/mol. The van der Waals surface area contributed by atoms with Crippen LogP contribution in [0.25, 0.3) is 0 Å². The average molecular weight is 485 g/mol. The van der Waals surface area contributed by atoms with Crippen molar-refractivity contribution in [2.24, 2.45) is 0 Å². The highest BCUT2D eigenvalue weighted by Crippen LogP contribution is 2.42. The van der Waals surface area contributed by atoms with Crippen molar-refractivity contribution in [3.8, 4) is 0 Å². The van der Waals surface area contributed by atoms with Gasteiger partial charge in [-0.15, -0.1) is 0 Å². The van der Waals surface area contributed by atoms with E-state index in [2.05, 4.69) is 0 Å². The first-order valence-electron chi connectivity index (χ1n) is 9.74. The number of hydrogen-bond donors (Lipinski definition) is 0. The second-order valence-corrected chi connectivity index (χ2v) is 10.6. The van der Waals surface area contributed by atoms with Crippen LogP contribution in [0.5, 0.6) is 0 Å². The molecule has 8 nitrogen and oxygen atoms in total. The van der Waals surface area contributed by atoms with Crippen molar-refractivity contribution < 1.29 is 19.2 Å². The number of fused-ring (bicyclic) bond motifs is 8. The summed E-state index contributed by atoms with van der Waals surface area (Å²) >= 11 is 12.9. The Labute approximate surface area is 193 Å². The Balaban J connectivity index is 1.57. The number of thiocarbonyl (C=S) groups is 2. The summed E-state index contributed by atoms with van der Waals surface area (Å²) in [6, 6.07) is 0. The fourth-order valence-electron chi connectivity index (χ4n) is 3.75. The van der Waals surface area contributed by atoms with E-state index in [0.29, 0.717) is 83.4 Å². The van der Waals surface area contributed by atoms with E-state index in [1.807, 2.05) is 0 Å². The second kappa shape index (κ2) is 8.93. The van der Waals surface area contributed by atoms with Gasteiger partial charge in [-0.3, -0.25) is 29.0 Å². The Morgan fingerprint density at radius 3 is 1.33 bits per heavy atom. The molecule has 5 rings (SSSR count). The fourth-order valence-corrected chi connectivity index (χ4v) is 6.53. The lowest BCUT2D eigenvalue weighted by Gasteiger charge is -2.35. The van der Waals surface area contributed by atoms with Crippen LogP contribution in [0.2, 0.25) is 0 Å². The number of carbonyl (C=O) groups excluding carboxylic acids is 4. The molecule has 5 heterocycles. The van der Waals surface area contributed by atoms with Crippen molar-refractivity contribution in [3.63, 3.8) is 0 Å². The van der Waals surface area contributed by atoms with E-state index >= 15 is 0 Å². The average Bonchev–Trinajstić information content (AvgIpc) is 3.17. The van der Waals surface area contributed by atoms with Crippen molar-refractivity contribution in [2.75, 3.05) is 39.3 Å². The molecule has 30 heavy (non-hydrogen) atoms. The van der Waals surface area contributed by atoms with E-state index in [0.717, 1.165) is 23.5 Å². The van der Waals surface area contributed by atoms with E-state index in [1.165, 1.54) is 9.80 Å². The lowest BCUT2D eigenvalue weighted by atomic mass is 10.2. The molecule has 12 heteroatoms. The van der Waals surface area contributed by atoms with Crippen LogP contribution in [0.1, 0.15) is 25.7 Å². The summed E-state index contributed by atoms with van der Waals surface area (Å²) in [5, 5.41) is 0. The molecular formula is C18H20N4O4S4. The number of thioether (sulfide) groups is 2. The molecule has 0 aliphatic carbocycles. The minimum Gasteiger partial charge on any atom is -0.339 e. The molecule has 0 N–H and O–H groups in total. The Hall–Kier alpha value is -1.50. The lowest BCUT2D eigenvalue weighted by molar-refractivity contribution is -0.139. The topological polar surface area (TPSA) is 81.2 Å². The summed E-state index contributed by atoms with van der Waals surface area (Å²) in [7, 11) is 0. The monoisotopic (exact) mass is 484 g/mol. The molecular weight excluding hydrogens is 464 g/mol. The molecule has 4 amide bonds. The molecule has 0 unspecified atom stereocenters. The van der Waals surface area contributed by atoms with Gasteiger partial charge in [0.1, 0.15) is 8.64 Å². The summed E-state index contributed by atoms with van der Waals surface area (Å²) in [4.78, 5) is 57.9. The number of hydrogen-bond acceptors (Lipinski definition) is 8. The maximum absolute atomic E-state index is 12.9. The fraction of sp³-hybridized carbons (Fsp3) is 0.556. The summed E-state index contributed by atoms with van der Waals surface area (Å²) in [5.41, 5.74) is 0. The van der Waals surface area contributed by atoms with E-state index in [1.54, 1.807) is 9.80 Å². The van der Waals surface area contributed by atoms with Gasteiger partial charge in [-0.05, 0) is 12.8 Å². The van der Waals surface area contributed by atoms with Gasteiger partial charge in [0.2, 0.25) is 11.8 Å². The Bertz CT molecular complexity index is 811. The van der Waals surface area contributed by atoms with Gasteiger partial charge in [0, 0.05) is 52.1 Å². The van der Waals surface area contributed by atoms with Crippen LogP contribution in [0.4, 0.5) is 0 Å². The zero-order valence-electron chi connectivity index (χ0n) is 16.1. The first-order valence-corrected chi connectivity index (χ1v) is 12.2. The number of carbonyl (C=O) groups is 4. The zero-order valence-corrected chi connectivity index (χ0v) is 19.4. The van der Waals surface area contributed by atoms with Crippen molar-refractivity contribution >= 4 is 80.2 Å². The highest BCUT2D eigenvalue weighted by molar-refractivity contribution is 8.29. The number of amides is 4. The van der Waals surface area contributed by atoms with E-state index in [9.17, 15) is 19.2 Å². The molecule has 0 radical (unpaired) electrons. The van der Waals surface area contributed by atoms with Crippen LogP contribution in [0.15, 0.2) is 9.81 Å². The number of piperazine rings is 1. The predicted octanol–water partition coefficient (Wildman–Crippen LogP) is 1.16. The van der Waals surface area contributed by atoms with Gasteiger partial charge >= 0.3 is 0 Å². The van der Waals surface area contributed by atoms with Crippen LogP contribution in [0.3, 0.4) is 0 Å². The van der Waals surface area contributed by atoms with E-state index in [4.69, 9.17) is 24.4 Å². The minimum atomic E-state index is -0.303. The highest BCUT2D eigenvalue weighted by atomic mass is 32.2. The van der Waals surface area contributed by atoms with Gasteiger partial charge in [0.15, 0.2) is 0 Å². The van der Waals surface area contributed by atoms with Gasteiger partial charge in [-0.1, -0.05) is 48.0 Å². The number of rotatable bonds is 0. The third-order valence-electron chi connectivity index (χ3n) is 5.43. The molecule has 3 fully saturated rings. The van der Waals surface area contributed by atoms with Crippen molar-refractivity contribution in [1.82, 2.24) is 19.6 Å². The minimum absolute atomic E-state index is 0.0227. The lowest BCUT2D eigenvalue weighted by Crippen LogP contribution is -2.50. The first kappa shape index (κ1) is 21.7. The van der Waals surface area contributed by atoms with Gasteiger partial charge in [-0.2, -0.15) is 0 Å². The highest BCUT2D eigenvalue weighted by Gasteiger charge is 2.42. The van der Waals surface area contributed by atoms with Crippen LogP contribution in [-0.2, 0) is 19.2 Å². The molecule has 0 atom stereocenters. The smallest absolute Gasteiger partial charge is 0.267 e. The molecule has 5 aliphatic rings. The summed E-state index contributed by atoms with van der Waals surface area (Å²) in [5.74, 6) is -0.560. The summed E-state index contributed by atoms with van der Waals surface area (Å²) in [6.45, 7) is 2.73. The molecule has 0 saturated carbocycles. The molecule has 0 aromatic carbocycles. The quantitative estimate of drug-likeness (QED) is 0.474. The van der Waals surface area contributed by atoms with Crippen LogP contribution >= 0.6 is 48.0 Å². The standard InChI is InChI=1S/C18H20N4O4S4/c23-11-3-1-5-21-15(25)13(29-17(21)27)14-16(26)22(18(28)30-14)6-2-4-12(24)20-9-7-19(11)8-10-20/h1-10H2/b14-13+. The normalized spacial score (nSPS) is 26.8. The second-order valence-electron chi connectivity index (χ2n) is 7.28. The Kier molecular flexibility index (Phi) is 6.47. The zero-order chi connectivity index (χ0) is 21.4. The van der Waals surface area contributed by atoms with Crippen LogP contribution in [0, 0.1) is 0 Å². The molecule has 160 valence electrons. The van der Waals surface area contributed by atoms with Gasteiger partial charge in [0.05, 0.1) is 9.81 Å². The van der Waals surface area contributed by atoms with Crippen LogP contribution < -0.4 is 0 Å². The molecule has 0 spiro atoms. The largest absolute Gasteiger partial charge is 0.339 e. The SMILES string of the molecule is O=C1CCCN2C(=O)/C(=C3\SC(=S)N(CCCC(=O)N4CCN1CC4)C3=O)SC2=S. The first-order chi connectivity index (χ1) is 14.4. The van der Waals surface area contributed by atoms with Crippen molar-refractivity contribution in [3.05, 3.63) is 9.81 Å². The number of nitrogens with zero attached hydrogens (tertiary/aromatic N) is 4. The van der Waals surface area contributed by atoms with Gasteiger partial charge in [-0.25, -0.2) is 0 Å². The van der Waals surface area contributed by atoms with Gasteiger partial charge in [0.25, 0.3) is 11.8 Å². The maximum Gasteiger partial charge on any atom is 0.267 e. The third kappa shape index (κ3) is 4.14. The molecule has 3 saturated heterocycles. The summed E-state index contributed by atoms with van der Waals surface area (Å²) in [6.07, 6.45) is 1.59. The molecule has 0 aromatic rings. The van der Waals surface area contributed by atoms with Crippen LogP contribution in [-0.4, -0.2) is 91.1 Å². The third-order valence-corrected chi connectivity index (χ3v) is 8.46. The Morgan fingerprint density at radius 2 is 0.967 bits per heavy atom. The molecule has 5 aliphatic heterocycles. The van der Waals surface area contributed by atoms with Crippen molar-refractivity contribution in [2.45, 2.75) is 25.7 Å². The Morgan fingerprint density at radius 1 is 0.600 bits per heavy atom. The van der Waals surface area contributed by atoms with Crippen molar-refractivity contribution in [1.29, 1.82) is 0 Å².